The van der Waals surface area contributed by atoms with Crippen LogP contribution in [0.4, 0.5) is 17.1 Å². The predicted molar refractivity (Wildman–Crippen MR) is 142 cm³/mol. The first-order valence-electron chi connectivity index (χ1n) is 12.0. The molecule has 2 N–H and O–H groups in total. The zero-order valence-corrected chi connectivity index (χ0v) is 21.4. The number of benzene rings is 3. The van der Waals surface area contributed by atoms with Gasteiger partial charge in [0, 0.05) is 29.9 Å². The van der Waals surface area contributed by atoms with Crippen LogP contribution in [0.25, 0.3) is 0 Å². The molecule has 3 aromatic carbocycles. The Morgan fingerprint density at radius 2 is 1.61 bits per heavy atom. The lowest BCUT2D eigenvalue weighted by Crippen LogP contribution is -2.21. The quantitative estimate of drug-likeness (QED) is 0.188. The van der Waals surface area contributed by atoms with Gasteiger partial charge in [0.05, 0.1) is 11.3 Å². The normalized spacial score (nSPS) is 10.5. The summed E-state index contributed by atoms with van der Waals surface area (Å²) in [6.45, 7) is 5.62. The Morgan fingerprint density at radius 1 is 0.895 bits per heavy atom. The van der Waals surface area contributed by atoms with Gasteiger partial charge in [0.25, 0.3) is 11.6 Å². The number of non-ortho nitro benzene ring substituents is 1. The second-order valence-corrected chi connectivity index (χ2v) is 8.89. The molecule has 10 nitrogen and oxygen atoms in total. The third-order valence-corrected chi connectivity index (χ3v) is 5.42. The van der Waals surface area contributed by atoms with Crippen molar-refractivity contribution in [3.05, 3.63) is 88.0 Å². The van der Waals surface area contributed by atoms with Crippen molar-refractivity contribution in [2.24, 2.45) is 0 Å². The molecule has 0 fully saturated rings. The van der Waals surface area contributed by atoms with Gasteiger partial charge in [-0.05, 0) is 60.4 Å². The summed E-state index contributed by atoms with van der Waals surface area (Å²) in [7, 11) is 0. The van der Waals surface area contributed by atoms with E-state index in [2.05, 4.69) is 30.5 Å². The monoisotopic (exact) mass is 519 g/mol. The summed E-state index contributed by atoms with van der Waals surface area (Å²) in [6, 6.07) is 18.4. The summed E-state index contributed by atoms with van der Waals surface area (Å²) in [4.78, 5) is 46.3. The SMILES string of the molecule is Cc1ccc(C(C)C)c(Oc2ccc(NC(=O)CCC(=O)OCC(=O)Nc3cccc([N+](=O)[O-])c3)cc2)c1. The van der Waals surface area contributed by atoms with Crippen molar-refractivity contribution in [3.8, 4) is 11.5 Å². The van der Waals surface area contributed by atoms with E-state index in [0.717, 1.165) is 16.9 Å². The number of aryl methyl sites for hydroxylation is 1. The van der Waals surface area contributed by atoms with Crippen molar-refractivity contribution in [2.45, 2.75) is 39.5 Å². The van der Waals surface area contributed by atoms with Gasteiger partial charge >= 0.3 is 5.97 Å². The lowest BCUT2D eigenvalue weighted by Gasteiger charge is -2.15. The molecule has 0 aliphatic carbocycles. The van der Waals surface area contributed by atoms with Crippen molar-refractivity contribution >= 4 is 34.8 Å². The van der Waals surface area contributed by atoms with Crippen LogP contribution < -0.4 is 15.4 Å². The Balaban J connectivity index is 1.42. The number of anilines is 2. The van der Waals surface area contributed by atoms with E-state index in [1.165, 1.54) is 24.3 Å². The Labute approximate surface area is 220 Å². The van der Waals surface area contributed by atoms with Crippen molar-refractivity contribution in [1.82, 2.24) is 0 Å². The molecule has 0 aliphatic rings. The topological polar surface area (TPSA) is 137 Å². The largest absolute Gasteiger partial charge is 0.457 e. The fraction of sp³-hybridized carbons (Fsp3) is 0.250. The first-order valence-corrected chi connectivity index (χ1v) is 12.0. The number of nitrogens with zero attached hydrogens (tertiary/aromatic N) is 1. The summed E-state index contributed by atoms with van der Waals surface area (Å²) < 4.78 is 10.9. The number of nitro benzene ring substituents is 1. The van der Waals surface area contributed by atoms with E-state index in [9.17, 15) is 24.5 Å². The van der Waals surface area contributed by atoms with Crippen LogP contribution in [-0.2, 0) is 19.1 Å². The first-order chi connectivity index (χ1) is 18.1. The number of ether oxygens (including phenoxy) is 2. The smallest absolute Gasteiger partial charge is 0.306 e. The van der Waals surface area contributed by atoms with Crippen LogP contribution in [0.1, 0.15) is 43.7 Å². The molecule has 0 spiro atoms. The van der Waals surface area contributed by atoms with Crippen molar-refractivity contribution in [1.29, 1.82) is 0 Å². The molecule has 198 valence electrons. The molecule has 0 saturated heterocycles. The van der Waals surface area contributed by atoms with Crippen LogP contribution in [0.3, 0.4) is 0 Å². The molecule has 0 saturated carbocycles. The molecule has 3 rings (SSSR count). The number of hydrogen-bond acceptors (Lipinski definition) is 7. The number of nitro groups is 1. The molecular formula is C28H29N3O7. The lowest BCUT2D eigenvalue weighted by atomic mass is 10.0. The molecule has 0 unspecified atom stereocenters. The Bertz CT molecular complexity index is 1320. The molecule has 0 aromatic heterocycles. The van der Waals surface area contributed by atoms with Gasteiger partial charge in [0.1, 0.15) is 11.5 Å². The summed E-state index contributed by atoms with van der Waals surface area (Å²) in [5, 5.41) is 15.9. The van der Waals surface area contributed by atoms with Gasteiger partial charge in [0.15, 0.2) is 6.61 Å². The standard InChI is InChI=1S/C28H29N3O7/c1-18(2)24-12-7-19(3)15-25(24)38-23-10-8-20(9-11-23)29-26(32)13-14-28(34)37-17-27(33)30-21-5-4-6-22(16-21)31(35)36/h4-12,15-16,18H,13-14,17H2,1-3H3,(H,29,32)(H,30,33). The van der Waals surface area contributed by atoms with Gasteiger partial charge in [-0.1, -0.05) is 32.0 Å². The fourth-order valence-electron chi connectivity index (χ4n) is 3.49. The van der Waals surface area contributed by atoms with E-state index in [0.29, 0.717) is 17.4 Å². The molecule has 0 radical (unpaired) electrons. The highest BCUT2D eigenvalue weighted by molar-refractivity contribution is 5.94. The minimum atomic E-state index is -0.725. The van der Waals surface area contributed by atoms with Gasteiger partial charge in [-0.2, -0.15) is 0 Å². The number of hydrogen-bond donors (Lipinski definition) is 2. The molecular weight excluding hydrogens is 490 g/mol. The third kappa shape index (κ3) is 8.44. The van der Waals surface area contributed by atoms with Crippen LogP contribution in [0.15, 0.2) is 66.7 Å². The molecule has 0 bridgehead atoms. The lowest BCUT2D eigenvalue weighted by molar-refractivity contribution is -0.384. The maximum absolute atomic E-state index is 12.2. The maximum atomic E-state index is 12.2. The number of carbonyl (C=O) groups excluding carboxylic acids is 3. The average Bonchev–Trinajstić information content (AvgIpc) is 2.87. The number of rotatable bonds is 11. The highest BCUT2D eigenvalue weighted by Crippen LogP contribution is 2.32. The van der Waals surface area contributed by atoms with Gasteiger partial charge in [-0.3, -0.25) is 24.5 Å². The minimum absolute atomic E-state index is 0.134. The van der Waals surface area contributed by atoms with E-state index < -0.39 is 29.3 Å². The third-order valence-electron chi connectivity index (χ3n) is 5.42. The fourth-order valence-corrected chi connectivity index (χ4v) is 3.49. The van der Waals surface area contributed by atoms with E-state index >= 15 is 0 Å². The first kappa shape index (κ1) is 27.9. The van der Waals surface area contributed by atoms with Crippen LogP contribution >= 0.6 is 0 Å². The molecule has 3 aromatic rings. The number of esters is 1. The summed E-state index contributed by atoms with van der Waals surface area (Å²) >= 11 is 0. The second-order valence-electron chi connectivity index (χ2n) is 8.89. The minimum Gasteiger partial charge on any atom is -0.457 e. The van der Waals surface area contributed by atoms with Gasteiger partial charge < -0.3 is 20.1 Å². The van der Waals surface area contributed by atoms with E-state index in [-0.39, 0.29) is 24.2 Å². The van der Waals surface area contributed by atoms with Crippen molar-refractivity contribution in [3.63, 3.8) is 0 Å². The van der Waals surface area contributed by atoms with Crippen LogP contribution in [0.2, 0.25) is 0 Å². The van der Waals surface area contributed by atoms with E-state index in [4.69, 9.17) is 9.47 Å². The molecule has 38 heavy (non-hydrogen) atoms. The van der Waals surface area contributed by atoms with Crippen LogP contribution in [0, 0.1) is 17.0 Å². The van der Waals surface area contributed by atoms with Crippen LogP contribution in [0.5, 0.6) is 11.5 Å². The van der Waals surface area contributed by atoms with Gasteiger partial charge in [0.2, 0.25) is 5.91 Å². The van der Waals surface area contributed by atoms with Crippen molar-refractivity contribution < 1.29 is 28.8 Å². The molecule has 2 amide bonds. The second kappa shape index (κ2) is 13.0. The molecule has 10 heteroatoms. The Hall–Kier alpha value is -4.73. The van der Waals surface area contributed by atoms with Crippen molar-refractivity contribution in [2.75, 3.05) is 17.2 Å². The Morgan fingerprint density at radius 3 is 2.29 bits per heavy atom. The average molecular weight is 520 g/mol. The zero-order valence-electron chi connectivity index (χ0n) is 21.4. The molecule has 0 atom stereocenters. The number of nitrogens with one attached hydrogen (secondary N) is 2. The summed E-state index contributed by atoms with van der Waals surface area (Å²) in [5.41, 5.74) is 2.76. The Kier molecular flexibility index (Phi) is 9.53. The predicted octanol–water partition coefficient (Wildman–Crippen LogP) is 5.72. The zero-order chi connectivity index (χ0) is 27.7. The van der Waals surface area contributed by atoms with E-state index in [1.807, 2.05) is 19.1 Å². The van der Waals surface area contributed by atoms with Gasteiger partial charge in [-0.15, -0.1) is 0 Å². The maximum Gasteiger partial charge on any atom is 0.306 e. The molecule has 0 heterocycles. The number of amides is 2. The number of carbonyl (C=O) groups is 3. The van der Waals surface area contributed by atoms with E-state index in [1.54, 1.807) is 24.3 Å². The van der Waals surface area contributed by atoms with Gasteiger partial charge in [-0.25, -0.2) is 0 Å². The highest BCUT2D eigenvalue weighted by Gasteiger charge is 2.13. The molecule has 0 aliphatic heterocycles. The van der Waals surface area contributed by atoms with Crippen LogP contribution in [-0.4, -0.2) is 29.3 Å². The highest BCUT2D eigenvalue weighted by atomic mass is 16.6. The summed E-state index contributed by atoms with van der Waals surface area (Å²) in [6.07, 6.45) is -0.354. The summed E-state index contributed by atoms with van der Waals surface area (Å²) in [5.74, 6) is -0.0546.